The van der Waals surface area contributed by atoms with Gasteiger partial charge in [-0.2, -0.15) is 0 Å². The van der Waals surface area contributed by atoms with Gasteiger partial charge >= 0.3 is 0 Å². The van der Waals surface area contributed by atoms with Crippen LogP contribution < -0.4 is 15.0 Å². The van der Waals surface area contributed by atoms with Gasteiger partial charge < -0.3 is 9.64 Å². The van der Waals surface area contributed by atoms with Gasteiger partial charge in [0.15, 0.2) is 6.10 Å². The van der Waals surface area contributed by atoms with Crippen LogP contribution in [0.1, 0.15) is 29.8 Å². The second-order valence-electron chi connectivity index (χ2n) is 7.51. The van der Waals surface area contributed by atoms with Crippen molar-refractivity contribution in [1.29, 1.82) is 0 Å². The van der Waals surface area contributed by atoms with Crippen molar-refractivity contribution in [1.82, 2.24) is 10.2 Å². The van der Waals surface area contributed by atoms with Gasteiger partial charge in [0, 0.05) is 29.6 Å². The highest BCUT2D eigenvalue weighted by Crippen LogP contribution is 2.34. The van der Waals surface area contributed by atoms with Crippen LogP contribution in [0, 0.1) is 6.92 Å². The Kier molecular flexibility index (Phi) is 6.64. The van der Waals surface area contributed by atoms with Gasteiger partial charge in [0.1, 0.15) is 10.8 Å². The molecule has 0 aliphatic carbocycles. The second-order valence-corrected chi connectivity index (χ2v) is 9.37. The Hall–Kier alpha value is -2.68. The molecule has 7 nitrogen and oxygen atoms in total. The van der Waals surface area contributed by atoms with E-state index in [0.717, 1.165) is 11.3 Å². The molecule has 166 valence electrons. The van der Waals surface area contributed by atoms with E-state index in [1.165, 1.54) is 11.3 Å². The highest BCUT2D eigenvalue weighted by Gasteiger charge is 2.34. The Morgan fingerprint density at radius 3 is 2.81 bits per heavy atom. The van der Waals surface area contributed by atoms with Crippen LogP contribution in [-0.2, 0) is 9.59 Å². The van der Waals surface area contributed by atoms with Crippen LogP contribution >= 0.6 is 34.5 Å². The standard InChI is InChI=1S/C22H20Cl2N4O3S/c1-12-4-3-5-16(8-12)28-11-14(9-19(28)29)21-26-27-22(32-21)25-20(30)13(2)31-18-7-6-15(23)10-17(18)24/h3-8,10,13-14H,9,11H2,1-2H3,(H,25,27,30). The summed E-state index contributed by atoms with van der Waals surface area (Å²) in [5.74, 6) is -0.0593. The third-order valence-electron chi connectivity index (χ3n) is 5.03. The van der Waals surface area contributed by atoms with Gasteiger partial charge in [-0.3, -0.25) is 14.9 Å². The van der Waals surface area contributed by atoms with Crippen molar-refractivity contribution in [2.75, 3.05) is 16.8 Å². The number of aryl methyl sites for hydroxylation is 1. The molecule has 1 aromatic heterocycles. The Morgan fingerprint density at radius 1 is 1.25 bits per heavy atom. The van der Waals surface area contributed by atoms with Crippen LogP contribution in [0.5, 0.6) is 5.75 Å². The van der Waals surface area contributed by atoms with E-state index in [9.17, 15) is 9.59 Å². The molecule has 0 saturated carbocycles. The molecular formula is C22H20Cl2N4O3S. The molecule has 2 amide bonds. The predicted octanol–water partition coefficient (Wildman–Crippen LogP) is 5.08. The zero-order valence-electron chi connectivity index (χ0n) is 17.3. The summed E-state index contributed by atoms with van der Waals surface area (Å²) in [5.41, 5.74) is 1.97. The number of carbonyl (C=O) groups excluding carboxylic acids is 2. The van der Waals surface area contributed by atoms with Crippen LogP contribution in [0.25, 0.3) is 0 Å². The minimum Gasteiger partial charge on any atom is -0.479 e. The van der Waals surface area contributed by atoms with E-state index < -0.39 is 6.10 Å². The van der Waals surface area contributed by atoms with Crippen molar-refractivity contribution in [3.05, 3.63) is 63.1 Å². The zero-order valence-corrected chi connectivity index (χ0v) is 19.7. The number of nitrogens with zero attached hydrogens (tertiary/aromatic N) is 3. The molecule has 2 unspecified atom stereocenters. The third kappa shape index (κ3) is 5.03. The first-order chi connectivity index (χ1) is 15.3. The van der Waals surface area contributed by atoms with Crippen LogP contribution in [-0.4, -0.2) is 34.7 Å². The van der Waals surface area contributed by atoms with Crippen molar-refractivity contribution in [2.24, 2.45) is 0 Å². The first kappa shape index (κ1) is 22.5. The van der Waals surface area contributed by atoms with Gasteiger partial charge in [-0.1, -0.05) is 46.7 Å². The maximum absolute atomic E-state index is 12.5. The smallest absolute Gasteiger partial charge is 0.266 e. The number of halogens is 2. The molecule has 1 aliphatic rings. The molecule has 0 bridgehead atoms. The third-order valence-corrected chi connectivity index (χ3v) is 6.56. The minimum atomic E-state index is -0.814. The number of hydrogen-bond donors (Lipinski definition) is 1. The van der Waals surface area contributed by atoms with E-state index in [-0.39, 0.29) is 17.7 Å². The van der Waals surface area contributed by atoms with E-state index in [1.54, 1.807) is 30.0 Å². The van der Waals surface area contributed by atoms with E-state index >= 15 is 0 Å². The van der Waals surface area contributed by atoms with Gasteiger partial charge in [0.05, 0.1) is 5.02 Å². The average molecular weight is 491 g/mol. The van der Waals surface area contributed by atoms with Crippen LogP contribution in [0.15, 0.2) is 42.5 Å². The van der Waals surface area contributed by atoms with Crippen molar-refractivity contribution < 1.29 is 14.3 Å². The van der Waals surface area contributed by atoms with Gasteiger partial charge in [-0.15, -0.1) is 10.2 Å². The Morgan fingerprint density at radius 2 is 2.06 bits per heavy atom. The maximum Gasteiger partial charge on any atom is 0.266 e. The van der Waals surface area contributed by atoms with Crippen molar-refractivity contribution >= 4 is 57.2 Å². The quantitative estimate of drug-likeness (QED) is 0.520. The number of amides is 2. The molecule has 3 aromatic rings. The highest BCUT2D eigenvalue weighted by molar-refractivity contribution is 7.15. The monoisotopic (exact) mass is 490 g/mol. The Balaban J connectivity index is 1.38. The molecular weight excluding hydrogens is 471 g/mol. The topological polar surface area (TPSA) is 84.4 Å². The first-order valence-corrected chi connectivity index (χ1v) is 11.5. The van der Waals surface area contributed by atoms with Crippen LogP contribution in [0.3, 0.4) is 0 Å². The molecule has 2 aromatic carbocycles. The van der Waals surface area contributed by atoms with Gasteiger partial charge in [-0.25, -0.2) is 0 Å². The number of anilines is 2. The predicted molar refractivity (Wildman–Crippen MR) is 126 cm³/mol. The summed E-state index contributed by atoms with van der Waals surface area (Å²) in [4.78, 5) is 26.8. The maximum atomic E-state index is 12.5. The molecule has 32 heavy (non-hydrogen) atoms. The molecule has 10 heteroatoms. The van der Waals surface area contributed by atoms with Crippen molar-refractivity contribution in [3.8, 4) is 5.75 Å². The SMILES string of the molecule is Cc1cccc(N2CC(c3nnc(NC(=O)C(C)Oc4ccc(Cl)cc4Cl)s3)CC2=O)c1. The lowest BCUT2D eigenvalue weighted by Crippen LogP contribution is -2.30. The molecule has 1 N–H and O–H groups in total. The number of ether oxygens (including phenoxy) is 1. The molecule has 0 spiro atoms. The average Bonchev–Trinajstić information content (AvgIpc) is 3.36. The summed E-state index contributed by atoms with van der Waals surface area (Å²) in [6, 6.07) is 12.6. The summed E-state index contributed by atoms with van der Waals surface area (Å²) >= 11 is 13.2. The molecule has 2 heterocycles. The fourth-order valence-corrected chi connectivity index (χ4v) is 4.68. The van der Waals surface area contributed by atoms with Crippen molar-refractivity contribution in [2.45, 2.75) is 32.3 Å². The van der Waals surface area contributed by atoms with Gasteiger partial charge in [-0.05, 0) is 49.7 Å². The fourth-order valence-electron chi connectivity index (χ4n) is 3.39. The van der Waals surface area contributed by atoms with Crippen molar-refractivity contribution in [3.63, 3.8) is 0 Å². The molecule has 2 atom stereocenters. The molecule has 0 radical (unpaired) electrons. The van der Waals surface area contributed by atoms with E-state index in [2.05, 4.69) is 15.5 Å². The van der Waals surface area contributed by atoms with E-state index in [4.69, 9.17) is 27.9 Å². The first-order valence-electron chi connectivity index (χ1n) is 9.93. The summed E-state index contributed by atoms with van der Waals surface area (Å²) in [6.45, 7) is 4.13. The Bertz CT molecular complexity index is 1170. The number of aromatic nitrogens is 2. The number of rotatable bonds is 6. The lowest BCUT2D eigenvalue weighted by Gasteiger charge is -2.16. The normalized spacial score (nSPS) is 16.8. The second kappa shape index (κ2) is 9.44. The van der Waals surface area contributed by atoms with E-state index in [1.807, 2.05) is 31.2 Å². The van der Waals surface area contributed by atoms with Crippen LogP contribution in [0.4, 0.5) is 10.8 Å². The number of carbonyl (C=O) groups is 2. The molecule has 4 rings (SSSR count). The highest BCUT2D eigenvalue weighted by atomic mass is 35.5. The lowest BCUT2D eigenvalue weighted by molar-refractivity contribution is -0.122. The molecule has 1 saturated heterocycles. The summed E-state index contributed by atoms with van der Waals surface area (Å²) in [7, 11) is 0. The minimum absolute atomic E-state index is 0.0447. The van der Waals surface area contributed by atoms with Crippen LogP contribution in [0.2, 0.25) is 10.0 Å². The summed E-state index contributed by atoms with van der Waals surface area (Å²) < 4.78 is 5.63. The largest absolute Gasteiger partial charge is 0.479 e. The number of benzene rings is 2. The van der Waals surface area contributed by atoms with Gasteiger partial charge in [0.25, 0.3) is 5.91 Å². The van der Waals surface area contributed by atoms with E-state index in [0.29, 0.717) is 38.9 Å². The molecule has 1 aliphatic heterocycles. The van der Waals surface area contributed by atoms with Gasteiger partial charge in [0.2, 0.25) is 11.0 Å². The summed E-state index contributed by atoms with van der Waals surface area (Å²) in [6.07, 6.45) is -0.462. The summed E-state index contributed by atoms with van der Waals surface area (Å²) in [5, 5.41) is 12.8. The zero-order chi connectivity index (χ0) is 22.8. The Labute approximate surface area is 199 Å². The number of hydrogen-bond acceptors (Lipinski definition) is 6. The lowest BCUT2D eigenvalue weighted by atomic mass is 10.1. The molecule has 1 fully saturated rings. The fraction of sp³-hybridized carbons (Fsp3) is 0.273. The number of nitrogens with one attached hydrogen (secondary N) is 1.